The Bertz CT molecular complexity index is 331. The Morgan fingerprint density at radius 3 is 2.94 bits per heavy atom. The van der Waals surface area contributed by atoms with Crippen molar-refractivity contribution in [3.63, 3.8) is 0 Å². The van der Waals surface area contributed by atoms with Crippen molar-refractivity contribution in [3.8, 4) is 0 Å². The summed E-state index contributed by atoms with van der Waals surface area (Å²) in [7, 11) is 1.70. The van der Waals surface area contributed by atoms with Crippen LogP contribution in [-0.2, 0) is 11.3 Å². The topological polar surface area (TPSA) is 65.1 Å². The molecule has 17 heavy (non-hydrogen) atoms. The van der Waals surface area contributed by atoms with Crippen molar-refractivity contribution in [2.75, 3.05) is 19.0 Å². The summed E-state index contributed by atoms with van der Waals surface area (Å²) in [6, 6.07) is 0.951. The first-order valence-corrected chi connectivity index (χ1v) is 6.31. The van der Waals surface area contributed by atoms with E-state index in [9.17, 15) is 0 Å². The number of rotatable bonds is 5. The Labute approximate surface area is 102 Å². The van der Waals surface area contributed by atoms with Crippen LogP contribution in [0.5, 0.6) is 0 Å². The Balaban J connectivity index is 1.80. The maximum Gasteiger partial charge on any atom is 0.0728 e. The molecule has 0 saturated heterocycles. The summed E-state index contributed by atoms with van der Waals surface area (Å²) in [5.41, 5.74) is 6.99. The molecule has 96 valence electrons. The van der Waals surface area contributed by atoms with Gasteiger partial charge < -0.3 is 15.8 Å². The second-order valence-corrected chi connectivity index (χ2v) is 4.74. The summed E-state index contributed by atoms with van der Waals surface area (Å²) in [6.45, 7) is 1.49. The van der Waals surface area contributed by atoms with E-state index in [4.69, 9.17) is 10.5 Å². The van der Waals surface area contributed by atoms with Crippen molar-refractivity contribution in [2.24, 2.45) is 5.73 Å². The summed E-state index contributed by atoms with van der Waals surface area (Å²) in [5, 5.41) is 7.80. The number of ether oxygens (including phenoxy) is 1. The minimum Gasteiger partial charge on any atom is -0.383 e. The molecule has 1 aromatic heterocycles. The van der Waals surface area contributed by atoms with Crippen LogP contribution in [0.1, 0.15) is 25.7 Å². The number of hydrogen-bond acceptors (Lipinski definition) is 4. The summed E-state index contributed by atoms with van der Waals surface area (Å²) in [6.07, 6.45) is 8.47. The molecule has 0 amide bonds. The molecule has 0 spiro atoms. The predicted octanol–water partition coefficient (Wildman–Crippen LogP) is 1.21. The van der Waals surface area contributed by atoms with E-state index in [1.807, 2.05) is 17.1 Å². The first-order chi connectivity index (χ1) is 8.28. The van der Waals surface area contributed by atoms with Crippen LogP contribution in [0, 0.1) is 0 Å². The predicted molar refractivity (Wildman–Crippen MR) is 68.0 cm³/mol. The molecule has 1 aliphatic carbocycles. The van der Waals surface area contributed by atoms with Gasteiger partial charge in [0.1, 0.15) is 0 Å². The lowest BCUT2D eigenvalue weighted by atomic mass is 9.92. The van der Waals surface area contributed by atoms with Crippen molar-refractivity contribution in [1.29, 1.82) is 0 Å². The minimum atomic E-state index is 0.400. The van der Waals surface area contributed by atoms with Crippen LogP contribution in [0.15, 0.2) is 12.4 Å². The Morgan fingerprint density at radius 1 is 1.47 bits per heavy atom. The number of anilines is 1. The average Bonchev–Trinajstić information content (AvgIpc) is 2.77. The summed E-state index contributed by atoms with van der Waals surface area (Å²) in [5.74, 6) is 0. The molecule has 0 aromatic carbocycles. The third-order valence-corrected chi connectivity index (χ3v) is 3.30. The van der Waals surface area contributed by atoms with Gasteiger partial charge in [0.05, 0.1) is 25.0 Å². The minimum absolute atomic E-state index is 0.400. The van der Waals surface area contributed by atoms with E-state index in [1.54, 1.807) is 7.11 Å². The summed E-state index contributed by atoms with van der Waals surface area (Å²) in [4.78, 5) is 0. The Kier molecular flexibility index (Phi) is 4.39. The number of methoxy groups -OCH3 is 1. The van der Waals surface area contributed by atoms with Crippen molar-refractivity contribution < 1.29 is 4.74 Å². The van der Waals surface area contributed by atoms with Crippen LogP contribution in [0.4, 0.5) is 5.69 Å². The molecule has 0 radical (unpaired) electrons. The fourth-order valence-electron chi connectivity index (χ4n) is 2.24. The van der Waals surface area contributed by atoms with Crippen LogP contribution in [0.3, 0.4) is 0 Å². The first kappa shape index (κ1) is 12.4. The zero-order valence-electron chi connectivity index (χ0n) is 10.4. The van der Waals surface area contributed by atoms with Gasteiger partial charge in [-0.1, -0.05) is 0 Å². The number of nitrogens with two attached hydrogens (primary N) is 1. The van der Waals surface area contributed by atoms with Gasteiger partial charge in [-0.15, -0.1) is 0 Å². The molecule has 1 fully saturated rings. The number of nitrogens with zero attached hydrogens (tertiary/aromatic N) is 2. The average molecular weight is 238 g/mol. The van der Waals surface area contributed by atoms with Gasteiger partial charge >= 0.3 is 0 Å². The molecular weight excluding hydrogens is 216 g/mol. The molecule has 5 nitrogen and oxygen atoms in total. The van der Waals surface area contributed by atoms with Gasteiger partial charge in [0, 0.05) is 25.4 Å². The maximum absolute atomic E-state index is 5.89. The first-order valence-electron chi connectivity index (χ1n) is 6.31. The van der Waals surface area contributed by atoms with Crippen molar-refractivity contribution >= 4 is 5.69 Å². The number of hydrogen-bond donors (Lipinski definition) is 2. The van der Waals surface area contributed by atoms with E-state index >= 15 is 0 Å². The quantitative estimate of drug-likeness (QED) is 0.809. The van der Waals surface area contributed by atoms with Crippen LogP contribution >= 0.6 is 0 Å². The van der Waals surface area contributed by atoms with Crippen LogP contribution < -0.4 is 11.1 Å². The molecule has 0 bridgehead atoms. The second-order valence-electron chi connectivity index (χ2n) is 4.74. The highest BCUT2D eigenvalue weighted by Gasteiger charge is 2.18. The standard InChI is InChI=1S/C12H22N4O/c1-17-7-6-16-9-12(8-14-16)15-11-4-2-10(13)3-5-11/h8-11,15H,2-7,13H2,1H3. The monoisotopic (exact) mass is 238 g/mol. The van der Waals surface area contributed by atoms with Gasteiger partial charge in [0.15, 0.2) is 0 Å². The van der Waals surface area contributed by atoms with E-state index in [2.05, 4.69) is 10.4 Å². The molecule has 2 rings (SSSR count). The zero-order chi connectivity index (χ0) is 12.1. The van der Waals surface area contributed by atoms with Crippen molar-refractivity contribution in [1.82, 2.24) is 9.78 Å². The van der Waals surface area contributed by atoms with E-state index < -0.39 is 0 Å². The van der Waals surface area contributed by atoms with E-state index in [-0.39, 0.29) is 0 Å². The van der Waals surface area contributed by atoms with Gasteiger partial charge in [0.25, 0.3) is 0 Å². The maximum atomic E-state index is 5.89. The molecule has 3 N–H and O–H groups in total. The Morgan fingerprint density at radius 2 is 2.24 bits per heavy atom. The molecule has 1 aliphatic rings. The molecule has 1 heterocycles. The highest BCUT2D eigenvalue weighted by molar-refractivity contribution is 5.39. The smallest absolute Gasteiger partial charge is 0.0728 e. The number of nitrogens with one attached hydrogen (secondary N) is 1. The van der Waals surface area contributed by atoms with E-state index in [0.717, 1.165) is 37.9 Å². The lowest BCUT2D eigenvalue weighted by Crippen LogP contribution is -2.32. The molecule has 0 atom stereocenters. The molecular formula is C12H22N4O. The fraction of sp³-hybridized carbons (Fsp3) is 0.750. The normalized spacial score (nSPS) is 24.8. The Hall–Kier alpha value is -1.07. The van der Waals surface area contributed by atoms with E-state index in [0.29, 0.717) is 18.7 Å². The van der Waals surface area contributed by atoms with Crippen molar-refractivity contribution in [2.45, 2.75) is 44.3 Å². The van der Waals surface area contributed by atoms with Crippen LogP contribution in [0.25, 0.3) is 0 Å². The highest BCUT2D eigenvalue weighted by atomic mass is 16.5. The fourth-order valence-corrected chi connectivity index (χ4v) is 2.24. The third kappa shape index (κ3) is 3.71. The summed E-state index contributed by atoms with van der Waals surface area (Å²) < 4.78 is 6.92. The second kappa shape index (κ2) is 6.02. The van der Waals surface area contributed by atoms with Gasteiger partial charge in [-0.05, 0) is 25.7 Å². The van der Waals surface area contributed by atoms with Crippen LogP contribution in [0.2, 0.25) is 0 Å². The highest BCUT2D eigenvalue weighted by Crippen LogP contribution is 2.20. The zero-order valence-corrected chi connectivity index (χ0v) is 10.4. The van der Waals surface area contributed by atoms with Gasteiger partial charge in [-0.2, -0.15) is 5.10 Å². The van der Waals surface area contributed by atoms with E-state index in [1.165, 1.54) is 0 Å². The third-order valence-electron chi connectivity index (χ3n) is 3.30. The van der Waals surface area contributed by atoms with Crippen molar-refractivity contribution in [3.05, 3.63) is 12.4 Å². The number of aromatic nitrogens is 2. The molecule has 1 saturated carbocycles. The van der Waals surface area contributed by atoms with Crippen LogP contribution in [-0.4, -0.2) is 35.6 Å². The van der Waals surface area contributed by atoms with Gasteiger partial charge in [-0.25, -0.2) is 0 Å². The molecule has 0 unspecified atom stereocenters. The molecule has 5 heteroatoms. The van der Waals surface area contributed by atoms with Gasteiger partial charge in [-0.3, -0.25) is 4.68 Å². The SMILES string of the molecule is COCCn1cc(NC2CCC(N)CC2)cn1. The largest absolute Gasteiger partial charge is 0.383 e. The summed E-state index contributed by atoms with van der Waals surface area (Å²) >= 11 is 0. The molecule has 1 aromatic rings. The lowest BCUT2D eigenvalue weighted by molar-refractivity contribution is 0.183. The molecule has 0 aliphatic heterocycles. The van der Waals surface area contributed by atoms with Gasteiger partial charge in [0.2, 0.25) is 0 Å². The lowest BCUT2D eigenvalue weighted by Gasteiger charge is -2.26.